The van der Waals surface area contributed by atoms with E-state index in [1.807, 2.05) is 13.1 Å². The number of nitrogens with one attached hydrogen (secondary N) is 1. The standard InChI is InChI=1S/C9H18N2/c1-5-9(6-2)7-10-11-8(3)4/h5,7-8,11H,6H2,1-4H3/b9-5-,10-7-. The van der Waals surface area contributed by atoms with Crippen LogP contribution in [0.5, 0.6) is 0 Å². The summed E-state index contributed by atoms with van der Waals surface area (Å²) in [6.07, 6.45) is 4.99. The molecule has 0 aromatic rings. The highest BCUT2D eigenvalue weighted by molar-refractivity contribution is 5.77. The molecule has 1 N–H and O–H groups in total. The highest BCUT2D eigenvalue weighted by atomic mass is 15.3. The van der Waals surface area contributed by atoms with Crippen LogP contribution in [0.2, 0.25) is 0 Å². The van der Waals surface area contributed by atoms with Gasteiger partial charge in [-0.2, -0.15) is 5.10 Å². The molecular weight excluding hydrogens is 136 g/mol. The molecule has 2 nitrogen and oxygen atoms in total. The number of hydrogen-bond acceptors (Lipinski definition) is 2. The minimum atomic E-state index is 0.418. The van der Waals surface area contributed by atoms with E-state index in [0.717, 1.165) is 6.42 Å². The van der Waals surface area contributed by atoms with Gasteiger partial charge in [0.05, 0.1) is 0 Å². The lowest BCUT2D eigenvalue weighted by atomic mass is 10.2. The Morgan fingerprint density at radius 2 is 2.18 bits per heavy atom. The molecule has 0 aliphatic heterocycles. The van der Waals surface area contributed by atoms with Crippen molar-refractivity contribution in [2.75, 3.05) is 0 Å². The van der Waals surface area contributed by atoms with Gasteiger partial charge in [-0.25, -0.2) is 0 Å². The van der Waals surface area contributed by atoms with Gasteiger partial charge in [-0.05, 0) is 32.8 Å². The average molecular weight is 154 g/mol. The van der Waals surface area contributed by atoms with Crippen LogP contribution in [0, 0.1) is 0 Å². The van der Waals surface area contributed by atoms with E-state index in [1.165, 1.54) is 5.57 Å². The second kappa shape index (κ2) is 5.96. The zero-order valence-electron chi connectivity index (χ0n) is 7.89. The fourth-order valence-corrected chi connectivity index (χ4v) is 0.639. The Labute approximate surface area is 69.4 Å². The average Bonchev–Trinajstić information content (AvgIpc) is 1.98. The number of rotatable bonds is 4. The third-order valence-electron chi connectivity index (χ3n) is 1.34. The quantitative estimate of drug-likeness (QED) is 0.488. The molecule has 0 atom stereocenters. The van der Waals surface area contributed by atoms with Gasteiger partial charge in [0, 0.05) is 12.3 Å². The lowest BCUT2D eigenvalue weighted by molar-refractivity contribution is 0.622. The Hall–Kier alpha value is -0.790. The van der Waals surface area contributed by atoms with Crippen molar-refractivity contribution >= 4 is 6.21 Å². The smallest absolute Gasteiger partial charge is 0.0496 e. The zero-order valence-corrected chi connectivity index (χ0v) is 7.89. The Bertz CT molecular complexity index is 146. The summed E-state index contributed by atoms with van der Waals surface area (Å²) in [4.78, 5) is 0. The van der Waals surface area contributed by atoms with E-state index in [-0.39, 0.29) is 0 Å². The van der Waals surface area contributed by atoms with Crippen molar-refractivity contribution in [3.05, 3.63) is 11.6 Å². The maximum Gasteiger partial charge on any atom is 0.0496 e. The molecule has 0 rings (SSSR count). The molecule has 0 spiro atoms. The van der Waals surface area contributed by atoms with Gasteiger partial charge in [-0.1, -0.05) is 13.0 Å². The van der Waals surface area contributed by atoms with Crippen molar-refractivity contribution < 1.29 is 0 Å². The fourth-order valence-electron chi connectivity index (χ4n) is 0.639. The van der Waals surface area contributed by atoms with Crippen LogP contribution < -0.4 is 5.43 Å². The Morgan fingerprint density at radius 3 is 2.55 bits per heavy atom. The van der Waals surface area contributed by atoms with E-state index >= 15 is 0 Å². The molecule has 11 heavy (non-hydrogen) atoms. The third-order valence-corrected chi connectivity index (χ3v) is 1.34. The van der Waals surface area contributed by atoms with Crippen LogP contribution >= 0.6 is 0 Å². The first-order chi connectivity index (χ1) is 5.20. The number of allylic oxidation sites excluding steroid dienone is 2. The van der Waals surface area contributed by atoms with E-state index < -0.39 is 0 Å². The highest BCUT2D eigenvalue weighted by Gasteiger charge is 1.86. The summed E-state index contributed by atoms with van der Waals surface area (Å²) >= 11 is 0. The summed E-state index contributed by atoms with van der Waals surface area (Å²) in [7, 11) is 0. The van der Waals surface area contributed by atoms with Gasteiger partial charge < -0.3 is 5.43 Å². The van der Waals surface area contributed by atoms with Gasteiger partial charge >= 0.3 is 0 Å². The molecule has 64 valence electrons. The molecule has 0 bridgehead atoms. The van der Waals surface area contributed by atoms with Crippen molar-refractivity contribution in [2.24, 2.45) is 5.10 Å². The van der Waals surface area contributed by atoms with Crippen LogP contribution in [0.15, 0.2) is 16.8 Å². The minimum absolute atomic E-state index is 0.418. The first kappa shape index (κ1) is 10.2. The molecule has 0 saturated heterocycles. The molecule has 0 aliphatic carbocycles. The summed E-state index contributed by atoms with van der Waals surface area (Å²) in [5.74, 6) is 0. The summed E-state index contributed by atoms with van der Waals surface area (Å²) < 4.78 is 0. The van der Waals surface area contributed by atoms with Gasteiger partial charge in [-0.15, -0.1) is 0 Å². The van der Waals surface area contributed by atoms with Crippen LogP contribution in [-0.4, -0.2) is 12.3 Å². The second-order valence-electron chi connectivity index (χ2n) is 2.76. The SMILES string of the molecule is C/C=C(\C=N/NC(C)C)CC. The van der Waals surface area contributed by atoms with E-state index in [0.29, 0.717) is 6.04 Å². The van der Waals surface area contributed by atoms with Gasteiger partial charge in [0.1, 0.15) is 0 Å². The van der Waals surface area contributed by atoms with Crippen LogP contribution in [0.1, 0.15) is 34.1 Å². The molecule has 2 heteroatoms. The molecule has 0 saturated carbocycles. The molecule has 0 radical (unpaired) electrons. The van der Waals surface area contributed by atoms with Crippen molar-refractivity contribution in [2.45, 2.75) is 40.2 Å². The van der Waals surface area contributed by atoms with Crippen molar-refractivity contribution in [3.63, 3.8) is 0 Å². The highest BCUT2D eigenvalue weighted by Crippen LogP contribution is 1.94. The number of hydrogen-bond donors (Lipinski definition) is 1. The molecule has 0 aromatic carbocycles. The monoisotopic (exact) mass is 154 g/mol. The summed E-state index contributed by atoms with van der Waals surface area (Å²) in [6, 6.07) is 0.418. The second-order valence-corrected chi connectivity index (χ2v) is 2.76. The lowest BCUT2D eigenvalue weighted by Gasteiger charge is -2.02. The molecule has 0 unspecified atom stereocenters. The van der Waals surface area contributed by atoms with Gasteiger partial charge in [0.25, 0.3) is 0 Å². The molecule has 0 heterocycles. The van der Waals surface area contributed by atoms with Gasteiger partial charge in [-0.3, -0.25) is 0 Å². The van der Waals surface area contributed by atoms with E-state index in [9.17, 15) is 0 Å². The predicted octanol–water partition coefficient (Wildman–Crippen LogP) is 2.33. The first-order valence-corrected chi connectivity index (χ1v) is 4.14. The van der Waals surface area contributed by atoms with E-state index in [4.69, 9.17) is 0 Å². The number of hydrazone groups is 1. The van der Waals surface area contributed by atoms with E-state index in [2.05, 4.69) is 37.4 Å². The Morgan fingerprint density at radius 1 is 1.55 bits per heavy atom. The molecule has 0 aliphatic rings. The van der Waals surface area contributed by atoms with Crippen LogP contribution in [0.4, 0.5) is 0 Å². The van der Waals surface area contributed by atoms with Gasteiger partial charge in [0.15, 0.2) is 0 Å². The lowest BCUT2D eigenvalue weighted by Crippen LogP contribution is -2.15. The molecule has 0 amide bonds. The van der Waals surface area contributed by atoms with Gasteiger partial charge in [0.2, 0.25) is 0 Å². The molecule has 0 aromatic heterocycles. The summed E-state index contributed by atoms with van der Waals surface area (Å²) in [6.45, 7) is 8.29. The topological polar surface area (TPSA) is 24.4 Å². The Balaban J connectivity index is 3.72. The van der Waals surface area contributed by atoms with Crippen molar-refractivity contribution in [3.8, 4) is 0 Å². The summed E-state index contributed by atoms with van der Waals surface area (Å²) in [5, 5.41) is 4.07. The first-order valence-electron chi connectivity index (χ1n) is 4.14. The fraction of sp³-hybridized carbons (Fsp3) is 0.667. The minimum Gasteiger partial charge on any atom is -0.308 e. The largest absolute Gasteiger partial charge is 0.308 e. The molecular formula is C9H18N2. The van der Waals surface area contributed by atoms with E-state index in [1.54, 1.807) is 0 Å². The Kier molecular flexibility index (Phi) is 5.53. The third kappa shape index (κ3) is 5.64. The van der Waals surface area contributed by atoms with Crippen LogP contribution in [-0.2, 0) is 0 Å². The van der Waals surface area contributed by atoms with Crippen molar-refractivity contribution in [1.82, 2.24) is 5.43 Å². The maximum absolute atomic E-state index is 4.07. The zero-order chi connectivity index (χ0) is 8.69. The van der Waals surface area contributed by atoms with Crippen LogP contribution in [0.25, 0.3) is 0 Å². The number of nitrogens with zero attached hydrogens (tertiary/aromatic N) is 1. The summed E-state index contributed by atoms with van der Waals surface area (Å²) in [5.41, 5.74) is 4.24. The van der Waals surface area contributed by atoms with Crippen LogP contribution in [0.3, 0.4) is 0 Å². The maximum atomic E-state index is 4.07. The van der Waals surface area contributed by atoms with Crippen molar-refractivity contribution in [1.29, 1.82) is 0 Å². The normalized spacial score (nSPS) is 13.0. The molecule has 0 fully saturated rings. The predicted molar refractivity (Wildman–Crippen MR) is 50.8 cm³/mol.